The number of unbranched alkanes of at least 4 members (excludes halogenated alkanes) is 11. The third-order valence-corrected chi connectivity index (χ3v) is 8.38. The molecule has 0 saturated heterocycles. The second kappa shape index (κ2) is 17.4. The molecule has 3 rings (SSSR count). The summed E-state index contributed by atoms with van der Waals surface area (Å²) in [6.45, 7) is 2.22. The maximum Gasteiger partial charge on any atom is 0.374 e. The molecule has 3 aromatic rings. The number of aliphatic hydroxyl groups excluding tert-OH is 1. The number of benzene rings is 3. The van der Waals surface area contributed by atoms with Crippen LogP contribution >= 0.6 is 0 Å². The van der Waals surface area contributed by atoms with E-state index in [0.717, 1.165) is 25.7 Å². The van der Waals surface area contributed by atoms with Crippen molar-refractivity contribution in [3.8, 4) is 0 Å². The van der Waals surface area contributed by atoms with Crippen molar-refractivity contribution >= 4 is 5.97 Å². The Morgan fingerprint density at radius 1 is 0.591 bits per heavy atom. The number of carbonyl (C=O) groups is 1. The van der Waals surface area contributed by atoms with Crippen molar-refractivity contribution in [2.24, 2.45) is 0 Å². The molecular formula is C37H50O7. The van der Waals surface area contributed by atoms with E-state index in [0.29, 0.717) is 23.1 Å². The van der Waals surface area contributed by atoms with Crippen LogP contribution in [0.5, 0.6) is 0 Å². The van der Waals surface area contributed by atoms with E-state index in [9.17, 15) is 30.3 Å². The summed E-state index contributed by atoms with van der Waals surface area (Å²) < 4.78 is 5.94. The van der Waals surface area contributed by atoms with Gasteiger partial charge in [-0.25, -0.2) is 4.79 Å². The molecular weight excluding hydrogens is 556 g/mol. The molecule has 0 spiro atoms. The van der Waals surface area contributed by atoms with Gasteiger partial charge >= 0.3 is 11.8 Å². The summed E-state index contributed by atoms with van der Waals surface area (Å²) in [4.78, 5) is 13.6. The Bertz CT molecular complexity index is 1120. The second-order valence-corrected chi connectivity index (χ2v) is 11.8. The first-order valence-electron chi connectivity index (χ1n) is 16.2. The highest BCUT2D eigenvalue weighted by Gasteiger charge is 2.61. The van der Waals surface area contributed by atoms with Crippen LogP contribution in [0.2, 0.25) is 0 Å². The molecule has 0 aliphatic rings. The van der Waals surface area contributed by atoms with Gasteiger partial charge in [-0.1, -0.05) is 175 Å². The van der Waals surface area contributed by atoms with E-state index in [1.54, 1.807) is 91.0 Å². The highest BCUT2D eigenvalue weighted by molar-refractivity contribution is 5.80. The fraction of sp³-hybridized carbons (Fsp3) is 0.486. The fourth-order valence-electron chi connectivity index (χ4n) is 5.67. The first kappa shape index (κ1) is 35.4. The Morgan fingerprint density at radius 2 is 0.932 bits per heavy atom. The zero-order chi connectivity index (χ0) is 31.9. The van der Waals surface area contributed by atoms with E-state index < -0.39 is 29.2 Å². The smallest absolute Gasteiger partial charge is 0.374 e. The largest absolute Gasteiger partial charge is 0.440 e. The van der Waals surface area contributed by atoms with Gasteiger partial charge in [-0.3, -0.25) is 0 Å². The predicted octanol–water partition coefficient (Wildman–Crippen LogP) is 6.34. The van der Waals surface area contributed by atoms with Crippen molar-refractivity contribution < 1.29 is 35.1 Å². The molecule has 0 amide bonds. The van der Waals surface area contributed by atoms with Crippen LogP contribution in [-0.2, 0) is 15.1 Å². The number of hydrogen-bond donors (Lipinski definition) is 5. The molecule has 240 valence electrons. The van der Waals surface area contributed by atoms with Crippen molar-refractivity contribution in [1.29, 1.82) is 0 Å². The van der Waals surface area contributed by atoms with Crippen LogP contribution in [0.4, 0.5) is 0 Å². The molecule has 1 atom stereocenters. The predicted molar refractivity (Wildman–Crippen MR) is 171 cm³/mol. The summed E-state index contributed by atoms with van der Waals surface area (Å²) in [6, 6.07) is 26.4. The molecule has 44 heavy (non-hydrogen) atoms. The molecule has 3 aromatic carbocycles. The van der Waals surface area contributed by atoms with Gasteiger partial charge in [-0.15, -0.1) is 0 Å². The van der Waals surface area contributed by atoms with Crippen LogP contribution in [0, 0.1) is 0 Å². The van der Waals surface area contributed by atoms with Crippen LogP contribution in [0.3, 0.4) is 0 Å². The van der Waals surface area contributed by atoms with Crippen LogP contribution in [0.25, 0.3) is 0 Å². The van der Waals surface area contributed by atoms with Crippen LogP contribution in [0.15, 0.2) is 91.0 Å². The maximum atomic E-state index is 13.6. The Labute approximate surface area is 262 Å². The zero-order valence-corrected chi connectivity index (χ0v) is 26.0. The fourth-order valence-corrected chi connectivity index (χ4v) is 5.67. The minimum Gasteiger partial charge on any atom is -0.440 e. The van der Waals surface area contributed by atoms with Crippen molar-refractivity contribution in [3.05, 3.63) is 108 Å². The summed E-state index contributed by atoms with van der Waals surface area (Å²) in [5.41, 5.74) is -0.172. The van der Waals surface area contributed by atoms with Gasteiger partial charge in [0.1, 0.15) is 6.10 Å². The first-order chi connectivity index (χ1) is 21.2. The van der Waals surface area contributed by atoms with Gasteiger partial charge in [0.25, 0.3) is 5.79 Å². The van der Waals surface area contributed by atoms with E-state index in [4.69, 9.17) is 4.74 Å². The van der Waals surface area contributed by atoms with E-state index in [-0.39, 0.29) is 6.42 Å². The minimum atomic E-state index is -3.84. The van der Waals surface area contributed by atoms with Gasteiger partial charge in [0, 0.05) is 16.7 Å². The van der Waals surface area contributed by atoms with Gasteiger partial charge < -0.3 is 30.3 Å². The molecule has 0 aliphatic heterocycles. The average molecular weight is 607 g/mol. The SMILES string of the molecule is CCCCCCCCCCCCCCC(O)C(O)(O)C(O)(O)C(=O)OC(c1ccccc1)(c1ccccc1)c1ccccc1. The Kier molecular flexibility index (Phi) is 14.0. The van der Waals surface area contributed by atoms with Crippen molar-refractivity contribution in [3.63, 3.8) is 0 Å². The number of aliphatic hydroxyl groups is 5. The number of ether oxygens (including phenoxy) is 1. The number of carbonyl (C=O) groups excluding carboxylic acids is 1. The molecule has 0 fully saturated rings. The second-order valence-electron chi connectivity index (χ2n) is 11.8. The molecule has 7 nitrogen and oxygen atoms in total. The van der Waals surface area contributed by atoms with Crippen molar-refractivity contribution in [2.75, 3.05) is 0 Å². The summed E-state index contributed by atoms with van der Waals surface area (Å²) in [7, 11) is 0. The lowest BCUT2D eigenvalue weighted by molar-refractivity contribution is -0.374. The van der Waals surface area contributed by atoms with Crippen LogP contribution in [-0.4, -0.2) is 49.2 Å². The lowest BCUT2D eigenvalue weighted by Crippen LogP contribution is -2.66. The standard InChI is InChI=1S/C37H50O7/c1-2-3-4-5-6-7-8-9-10-11-12-22-29-33(38)36(40,41)37(42,43)34(39)44-35(30-23-16-13-17-24-30,31-25-18-14-19-26-31)32-27-20-15-21-28-32/h13-21,23-28,33,38,40-43H,2-12,22,29H2,1H3. The lowest BCUT2D eigenvalue weighted by Gasteiger charge is -2.40. The molecule has 0 radical (unpaired) electrons. The van der Waals surface area contributed by atoms with E-state index in [1.165, 1.54) is 44.9 Å². The van der Waals surface area contributed by atoms with Gasteiger partial charge in [0.2, 0.25) is 0 Å². The third-order valence-electron chi connectivity index (χ3n) is 8.38. The average Bonchev–Trinajstić information content (AvgIpc) is 3.05. The molecule has 0 aliphatic carbocycles. The van der Waals surface area contributed by atoms with Gasteiger partial charge in [0.05, 0.1) is 0 Å². The van der Waals surface area contributed by atoms with Crippen molar-refractivity contribution in [2.45, 2.75) is 114 Å². The molecule has 5 N–H and O–H groups in total. The maximum absolute atomic E-state index is 13.6. The monoisotopic (exact) mass is 606 g/mol. The molecule has 7 heteroatoms. The normalized spacial score (nSPS) is 13.0. The topological polar surface area (TPSA) is 127 Å². The number of rotatable bonds is 20. The summed E-state index contributed by atoms with van der Waals surface area (Å²) in [6.07, 6.45) is 11.0. The molecule has 0 saturated carbocycles. The van der Waals surface area contributed by atoms with E-state index >= 15 is 0 Å². The third kappa shape index (κ3) is 8.99. The molecule has 0 heterocycles. The summed E-state index contributed by atoms with van der Waals surface area (Å²) >= 11 is 0. The summed E-state index contributed by atoms with van der Waals surface area (Å²) in [5, 5.41) is 54.0. The van der Waals surface area contributed by atoms with Crippen LogP contribution in [0.1, 0.15) is 107 Å². The highest BCUT2D eigenvalue weighted by Crippen LogP contribution is 2.42. The van der Waals surface area contributed by atoms with E-state index in [1.807, 2.05) is 0 Å². The van der Waals surface area contributed by atoms with Crippen LogP contribution < -0.4 is 0 Å². The van der Waals surface area contributed by atoms with E-state index in [2.05, 4.69) is 6.92 Å². The van der Waals surface area contributed by atoms with Gasteiger partial charge in [-0.05, 0) is 6.42 Å². The molecule has 0 aromatic heterocycles. The highest BCUT2D eigenvalue weighted by atomic mass is 16.7. The Morgan fingerprint density at radius 3 is 1.30 bits per heavy atom. The number of hydrogen-bond acceptors (Lipinski definition) is 7. The minimum absolute atomic E-state index is 0.137. The molecule has 0 bridgehead atoms. The number of esters is 1. The molecule has 1 unspecified atom stereocenters. The zero-order valence-electron chi connectivity index (χ0n) is 26.0. The summed E-state index contributed by atoms with van der Waals surface area (Å²) in [5.74, 6) is -9.14. The van der Waals surface area contributed by atoms with Gasteiger partial charge in [0.15, 0.2) is 5.60 Å². The Balaban J connectivity index is 1.67. The first-order valence-corrected chi connectivity index (χ1v) is 16.2. The lowest BCUT2D eigenvalue weighted by atomic mass is 9.80. The Hall–Kier alpha value is -3.07. The van der Waals surface area contributed by atoms with Crippen molar-refractivity contribution in [1.82, 2.24) is 0 Å². The quantitative estimate of drug-likeness (QED) is 0.0440. The van der Waals surface area contributed by atoms with Gasteiger partial charge in [-0.2, -0.15) is 0 Å².